The van der Waals surface area contributed by atoms with Gasteiger partial charge in [-0.2, -0.15) is 0 Å². The predicted molar refractivity (Wildman–Crippen MR) is 174 cm³/mol. The molecule has 0 saturated carbocycles. The molecule has 0 aliphatic carbocycles. The minimum absolute atomic E-state index is 0.0376. The van der Waals surface area contributed by atoms with Gasteiger partial charge in [-0.1, -0.05) is 135 Å². The Labute approximate surface area is 250 Å². The molecule has 1 atom stereocenters. The number of cyclic esters (lactones) is 1. The van der Waals surface area contributed by atoms with Crippen molar-refractivity contribution in [3.05, 3.63) is 72.6 Å². The zero-order valence-electron chi connectivity index (χ0n) is 26.5. The third-order valence-electron chi connectivity index (χ3n) is 8.13. The quantitative estimate of drug-likeness (QED) is 0.116. The fourth-order valence-electron chi connectivity index (χ4n) is 5.84. The number of amides is 1. The highest BCUT2D eigenvalue weighted by Crippen LogP contribution is 2.37. The molecular formula is C34H52BNO4Si. The highest BCUT2D eigenvalue weighted by Gasteiger charge is 2.50. The van der Waals surface area contributed by atoms with Crippen LogP contribution in [0.15, 0.2) is 72.6 Å². The molecule has 1 amide bonds. The van der Waals surface area contributed by atoms with Crippen molar-refractivity contribution in [2.24, 2.45) is 5.92 Å². The van der Waals surface area contributed by atoms with Gasteiger partial charge in [0.1, 0.15) is 6.61 Å². The Bertz CT molecular complexity index is 1040. The molecule has 0 bridgehead atoms. The maximum absolute atomic E-state index is 13.0. The molecule has 1 aliphatic rings. The van der Waals surface area contributed by atoms with Crippen molar-refractivity contribution in [1.29, 1.82) is 0 Å². The molecule has 7 heteroatoms. The summed E-state index contributed by atoms with van der Waals surface area (Å²) < 4.78 is 19.3. The lowest BCUT2D eigenvalue weighted by atomic mass is 9.59. The first-order valence-electron chi connectivity index (χ1n) is 15.7. The molecule has 1 fully saturated rings. The van der Waals surface area contributed by atoms with Gasteiger partial charge in [0.15, 0.2) is 5.88 Å². The second-order valence-electron chi connectivity index (χ2n) is 12.6. The zero-order valence-corrected chi connectivity index (χ0v) is 27.5. The van der Waals surface area contributed by atoms with Gasteiger partial charge >= 0.3 is 13.0 Å². The summed E-state index contributed by atoms with van der Waals surface area (Å²) in [6.07, 6.45) is 8.84. The number of benzene rings is 2. The number of hydrogen-bond donors (Lipinski definition) is 0. The Morgan fingerprint density at radius 2 is 1.54 bits per heavy atom. The molecule has 2 aromatic carbocycles. The Morgan fingerprint density at radius 1 is 1.00 bits per heavy atom. The first-order valence-corrected chi connectivity index (χ1v) is 17.6. The van der Waals surface area contributed by atoms with Crippen LogP contribution in [-0.2, 0) is 13.8 Å². The predicted octanol–water partition coefficient (Wildman–Crippen LogP) is 7.88. The summed E-state index contributed by atoms with van der Waals surface area (Å²) in [5, 5.41) is 2.44. The van der Waals surface area contributed by atoms with Crippen LogP contribution in [0.4, 0.5) is 4.79 Å². The molecule has 5 nitrogen and oxygen atoms in total. The van der Waals surface area contributed by atoms with Gasteiger partial charge in [0.05, 0.1) is 6.04 Å². The molecule has 0 radical (unpaired) electrons. The molecule has 0 N–H and O–H groups in total. The molecule has 2 aromatic rings. The lowest BCUT2D eigenvalue weighted by molar-refractivity contribution is 0.149. The number of unbranched alkanes of at least 4 members (excludes halogenated alkanes) is 2. The van der Waals surface area contributed by atoms with Crippen molar-refractivity contribution in [2.75, 3.05) is 13.2 Å². The first-order chi connectivity index (χ1) is 19.7. The Morgan fingerprint density at radius 3 is 2.00 bits per heavy atom. The minimum Gasteiger partial charge on any atom is -0.549 e. The molecule has 3 rings (SSSR count). The van der Waals surface area contributed by atoms with Crippen molar-refractivity contribution < 1.29 is 18.6 Å². The summed E-state index contributed by atoms with van der Waals surface area (Å²) in [6, 6.07) is 21.4. The maximum atomic E-state index is 13.0. The summed E-state index contributed by atoms with van der Waals surface area (Å²) in [5.41, 5.74) is 0. The Balaban J connectivity index is 1.93. The summed E-state index contributed by atoms with van der Waals surface area (Å²) in [5.74, 6) is 0.890. The molecule has 0 aromatic heterocycles. The number of carbonyl (C=O) groups excluding carboxylic acids is 1. The molecule has 0 unspecified atom stereocenters. The van der Waals surface area contributed by atoms with Crippen LogP contribution in [0.25, 0.3) is 0 Å². The maximum Gasteiger partial charge on any atom is 0.417 e. The van der Waals surface area contributed by atoms with E-state index < -0.39 is 8.32 Å². The van der Waals surface area contributed by atoms with Gasteiger partial charge in [-0.05, 0) is 46.5 Å². The van der Waals surface area contributed by atoms with Crippen molar-refractivity contribution in [1.82, 2.24) is 4.90 Å². The van der Waals surface area contributed by atoms with Gasteiger partial charge in [-0.15, -0.1) is 0 Å². The highest BCUT2D eigenvalue weighted by atomic mass is 28.4. The standard InChI is InChI=1S/C34H52BNO4Si/c1-8-10-24-35(25-11-9-2)40-32(36-31(28(3)4)27-38-33(36)37)23-18-26-39-41(34(5,6)7,29-19-14-12-15-20-29)30-21-16-13-17-22-30/h12-17,19-23,28,31H,8-11,18,24-27H2,1-7H3/b32-23-/t31-/m1/s1. The second kappa shape index (κ2) is 15.6. The van der Waals surface area contributed by atoms with Crippen LogP contribution < -0.4 is 10.4 Å². The molecule has 0 spiro atoms. The van der Waals surface area contributed by atoms with Gasteiger partial charge in [-0.25, -0.2) is 9.69 Å². The number of ether oxygens (including phenoxy) is 1. The first kappa shape index (κ1) is 33.0. The van der Waals surface area contributed by atoms with Crippen LogP contribution in [0.3, 0.4) is 0 Å². The number of carbonyl (C=O) groups is 1. The monoisotopic (exact) mass is 577 g/mol. The lowest BCUT2D eigenvalue weighted by Crippen LogP contribution is -2.66. The summed E-state index contributed by atoms with van der Waals surface area (Å²) in [4.78, 5) is 14.8. The van der Waals surface area contributed by atoms with E-state index in [0.29, 0.717) is 25.5 Å². The number of hydrogen-bond acceptors (Lipinski definition) is 4. The van der Waals surface area contributed by atoms with Gasteiger partial charge in [-0.3, -0.25) is 0 Å². The van der Waals surface area contributed by atoms with Gasteiger partial charge in [0.25, 0.3) is 8.32 Å². The van der Waals surface area contributed by atoms with Gasteiger partial charge in [0, 0.05) is 6.61 Å². The molecule has 1 heterocycles. The van der Waals surface area contributed by atoms with Crippen molar-refractivity contribution in [3.63, 3.8) is 0 Å². The normalized spacial score (nSPS) is 16.3. The smallest absolute Gasteiger partial charge is 0.417 e. The largest absolute Gasteiger partial charge is 0.549 e. The van der Waals surface area contributed by atoms with E-state index in [-0.39, 0.29) is 30.0 Å². The van der Waals surface area contributed by atoms with Crippen LogP contribution in [-0.4, -0.2) is 45.5 Å². The average Bonchev–Trinajstić information content (AvgIpc) is 3.35. The second-order valence-corrected chi connectivity index (χ2v) is 16.9. The van der Waals surface area contributed by atoms with E-state index >= 15 is 0 Å². The average molecular weight is 578 g/mol. The Kier molecular flexibility index (Phi) is 12.6. The fraction of sp³-hybridized carbons (Fsp3) is 0.559. The van der Waals surface area contributed by atoms with E-state index in [9.17, 15) is 4.79 Å². The third-order valence-corrected chi connectivity index (χ3v) is 13.2. The molecule has 1 aliphatic heterocycles. The van der Waals surface area contributed by atoms with Gasteiger partial charge < -0.3 is 13.8 Å². The van der Waals surface area contributed by atoms with Crippen LogP contribution in [0.5, 0.6) is 0 Å². The fourth-order valence-corrected chi connectivity index (χ4v) is 10.4. The number of rotatable bonds is 16. The van der Waals surface area contributed by atoms with E-state index in [4.69, 9.17) is 13.8 Å². The van der Waals surface area contributed by atoms with E-state index in [1.807, 2.05) is 0 Å². The van der Waals surface area contributed by atoms with Crippen molar-refractivity contribution in [3.8, 4) is 0 Å². The van der Waals surface area contributed by atoms with E-state index in [1.165, 1.54) is 10.4 Å². The van der Waals surface area contributed by atoms with Crippen molar-refractivity contribution in [2.45, 2.75) is 104 Å². The molecule has 1 saturated heterocycles. The summed E-state index contributed by atoms with van der Waals surface area (Å²) in [7, 11) is -2.64. The third kappa shape index (κ3) is 8.29. The molecule has 41 heavy (non-hydrogen) atoms. The summed E-state index contributed by atoms with van der Waals surface area (Å²) in [6.45, 7) is 16.6. The van der Waals surface area contributed by atoms with Crippen molar-refractivity contribution >= 4 is 31.7 Å². The zero-order chi connectivity index (χ0) is 29.9. The van der Waals surface area contributed by atoms with Crippen LogP contribution in [0.2, 0.25) is 17.7 Å². The molecule has 224 valence electrons. The topological polar surface area (TPSA) is 48.0 Å². The molecular weight excluding hydrogens is 525 g/mol. The van der Waals surface area contributed by atoms with Crippen LogP contribution in [0.1, 0.15) is 80.6 Å². The van der Waals surface area contributed by atoms with Crippen LogP contribution in [0, 0.1) is 5.92 Å². The van der Waals surface area contributed by atoms with Crippen LogP contribution >= 0.6 is 0 Å². The van der Waals surface area contributed by atoms with E-state index in [2.05, 4.69) is 115 Å². The Hall–Kier alpha value is -2.51. The lowest BCUT2D eigenvalue weighted by Gasteiger charge is -2.43. The van der Waals surface area contributed by atoms with Gasteiger partial charge in [0.2, 0.25) is 0 Å². The van der Waals surface area contributed by atoms with E-state index in [1.54, 1.807) is 4.90 Å². The minimum atomic E-state index is -2.64. The highest BCUT2D eigenvalue weighted by molar-refractivity contribution is 6.99. The van der Waals surface area contributed by atoms with E-state index in [0.717, 1.165) is 38.3 Å². The SMILES string of the molecule is CCCCB(CCCC)O/C(=C\CCO[Si](c1ccccc1)(c1ccccc1)C(C)(C)C)N1C(=O)OC[C@@H]1C(C)C. The summed E-state index contributed by atoms with van der Waals surface area (Å²) >= 11 is 0. The number of nitrogens with zero attached hydrogens (tertiary/aromatic N) is 1.